The lowest BCUT2D eigenvalue weighted by Gasteiger charge is -2.60. The minimum Gasteiger partial charge on any atom is -0.273 e. The summed E-state index contributed by atoms with van der Waals surface area (Å²) in [6.07, 6.45) is 10.5. The van der Waals surface area contributed by atoms with Gasteiger partial charge in [-0.05, 0) is 71.5 Å². The summed E-state index contributed by atoms with van der Waals surface area (Å²) in [6, 6.07) is 0. The van der Waals surface area contributed by atoms with Gasteiger partial charge in [-0.2, -0.15) is 9.90 Å². The van der Waals surface area contributed by atoms with Crippen LogP contribution in [0.3, 0.4) is 0 Å². The highest BCUT2D eigenvalue weighted by molar-refractivity contribution is 9.10. The molecule has 11 heteroatoms. The van der Waals surface area contributed by atoms with E-state index in [1.165, 1.54) is 6.33 Å². The number of amides is 2. The lowest BCUT2D eigenvalue weighted by atomic mass is 9.46. The number of hydrogen-bond acceptors (Lipinski definition) is 6. The average molecular weight is 477 g/mol. The monoisotopic (exact) mass is 476 g/mol. The van der Waals surface area contributed by atoms with Crippen LogP contribution in [-0.4, -0.2) is 41.8 Å². The fraction of sp³-hybridized carbons (Fsp3) is 0.684. The Morgan fingerprint density at radius 1 is 1.23 bits per heavy atom. The van der Waals surface area contributed by atoms with Crippen molar-refractivity contribution >= 4 is 27.7 Å². The van der Waals surface area contributed by atoms with E-state index in [1.54, 1.807) is 15.7 Å². The first-order valence-electron chi connectivity index (χ1n) is 10.4. The summed E-state index contributed by atoms with van der Waals surface area (Å²) < 4.78 is 2.56. The van der Waals surface area contributed by atoms with E-state index in [1.807, 2.05) is 13.1 Å². The number of carbonyl (C=O) groups excluding carboxylic acids is 2. The molecule has 0 radical (unpaired) electrons. The molecule has 4 bridgehead atoms. The van der Waals surface area contributed by atoms with Crippen LogP contribution in [0.15, 0.2) is 23.2 Å². The van der Waals surface area contributed by atoms with Crippen LogP contribution in [0.2, 0.25) is 0 Å². The van der Waals surface area contributed by atoms with Crippen LogP contribution in [-0.2, 0) is 21.7 Å². The van der Waals surface area contributed by atoms with Crippen molar-refractivity contribution < 1.29 is 9.59 Å². The van der Waals surface area contributed by atoms with Gasteiger partial charge in [0.25, 0.3) is 0 Å². The maximum Gasteiger partial charge on any atom is 0.244 e. The predicted molar refractivity (Wildman–Crippen MR) is 108 cm³/mol. The third-order valence-corrected chi connectivity index (χ3v) is 7.50. The summed E-state index contributed by atoms with van der Waals surface area (Å²) in [7, 11) is 0. The quantitative estimate of drug-likeness (QED) is 0.629. The molecule has 4 fully saturated rings. The second kappa shape index (κ2) is 7.14. The number of carbonyl (C=O) groups is 2. The predicted octanol–water partition coefficient (Wildman–Crippen LogP) is 1.41. The Hall–Kier alpha value is -2.30. The zero-order valence-electron chi connectivity index (χ0n) is 16.8. The number of hydrazine groups is 1. The zero-order valence-corrected chi connectivity index (χ0v) is 18.4. The molecule has 4 saturated carbocycles. The lowest BCUT2D eigenvalue weighted by molar-refractivity contribution is -0.159. The van der Waals surface area contributed by atoms with Gasteiger partial charge in [-0.25, -0.2) is 0 Å². The lowest BCUT2D eigenvalue weighted by Crippen LogP contribution is -2.63. The average Bonchev–Trinajstić information content (AvgIpc) is 3.37. The molecule has 2 aromatic rings. The van der Waals surface area contributed by atoms with E-state index >= 15 is 0 Å². The molecular weight excluding hydrogens is 452 g/mol. The van der Waals surface area contributed by atoms with Gasteiger partial charge in [-0.3, -0.25) is 25.1 Å². The highest BCUT2D eigenvalue weighted by Crippen LogP contribution is 2.63. The van der Waals surface area contributed by atoms with Crippen molar-refractivity contribution in [2.45, 2.75) is 57.5 Å². The Bertz CT molecular complexity index is 944. The molecule has 0 spiro atoms. The molecule has 2 aromatic heterocycles. The zero-order chi connectivity index (χ0) is 20.9. The number of tetrazole rings is 1. The summed E-state index contributed by atoms with van der Waals surface area (Å²) in [5.41, 5.74) is 4.65. The Balaban J connectivity index is 1.25. The minimum atomic E-state index is -0.485. The topological polar surface area (TPSA) is 120 Å². The van der Waals surface area contributed by atoms with Crippen LogP contribution in [0.25, 0.3) is 0 Å². The van der Waals surface area contributed by atoms with Gasteiger partial charge >= 0.3 is 0 Å². The molecule has 0 aromatic carbocycles. The first-order valence-corrected chi connectivity index (χ1v) is 11.2. The van der Waals surface area contributed by atoms with E-state index in [-0.39, 0.29) is 23.3 Å². The van der Waals surface area contributed by atoms with Gasteiger partial charge in [-0.15, -0.1) is 10.2 Å². The van der Waals surface area contributed by atoms with E-state index in [9.17, 15) is 9.59 Å². The molecule has 2 heterocycles. The first kappa shape index (κ1) is 19.7. The molecule has 10 nitrogen and oxygen atoms in total. The van der Waals surface area contributed by atoms with E-state index < -0.39 is 5.41 Å². The van der Waals surface area contributed by atoms with Crippen molar-refractivity contribution in [3.05, 3.63) is 23.2 Å². The van der Waals surface area contributed by atoms with E-state index in [4.69, 9.17) is 0 Å². The van der Waals surface area contributed by atoms with Crippen LogP contribution in [0.4, 0.5) is 0 Å². The number of halogens is 1. The summed E-state index contributed by atoms with van der Waals surface area (Å²) in [5, 5.41) is 16.6. The van der Waals surface area contributed by atoms with E-state index in [0.29, 0.717) is 24.8 Å². The molecule has 0 aliphatic heterocycles. The molecule has 4 aliphatic rings. The summed E-state index contributed by atoms with van der Waals surface area (Å²) in [6.45, 7) is 2.25. The first-order chi connectivity index (χ1) is 14.4. The summed E-state index contributed by atoms with van der Waals surface area (Å²) in [5.74, 6) is 0.307. The van der Waals surface area contributed by atoms with Crippen molar-refractivity contribution in [1.29, 1.82) is 0 Å². The molecule has 3 atom stereocenters. The van der Waals surface area contributed by atoms with Crippen molar-refractivity contribution in [3.8, 4) is 0 Å². The third-order valence-electron chi connectivity index (χ3n) is 7.09. The molecule has 4 aliphatic carbocycles. The number of nitrogens with zero attached hydrogens (tertiary/aromatic N) is 6. The fourth-order valence-corrected chi connectivity index (χ4v) is 6.60. The van der Waals surface area contributed by atoms with Crippen molar-refractivity contribution in [3.63, 3.8) is 0 Å². The van der Waals surface area contributed by atoms with E-state index in [2.05, 4.69) is 47.3 Å². The van der Waals surface area contributed by atoms with Gasteiger partial charge in [0.05, 0.1) is 34.1 Å². The van der Waals surface area contributed by atoms with Crippen molar-refractivity contribution in [2.75, 3.05) is 0 Å². The maximum atomic E-state index is 13.3. The van der Waals surface area contributed by atoms with E-state index in [0.717, 1.165) is 36.6 Å². The number of nitrogens with one attached hydrogen (secondary N) is 2. The highest BCUT2D eigenvalue weighted by atomic mass is 79.9. The molecular formula is C19H25BrN8O2. The number of rotatable bonds is 5. The molecule has 2 N–H and O–H groups in total. The summed E-state index contributed by atoms with van der Waals surface area (Å²) >= 11 is 3.35. The van der Waals surface area contributed by atoms with Gasteiger partial charge in [-0.1, -0.05) is 6.92 Å². The Kier molecular flexibility index (Phi) is 4.68. The van der Waals surface area contributed by atoms with Gasteiger partial charge in [0.1, 0.15) is 0 Å². The van der Waals surface area contributed by atoms with Crippen molar-refractivity contribution in [1.82, 2.24) is 40.8 Å². The standard InChI is InChI=1S/C19H25BrN8O2/c1-12(8-27-9-15(20)7-22-27)16(29)24-25-17(30)18-3-13-2-14(4-18)6-19(5-13,10-18)28-23-11-21-26-28/h7,9,11-14H,2-6,8,10H2,1H3,(H,24,29)(H,25,30)/t12-,13-,14-,18?,19?/m0/s1. The maximum absolute atomic E-state index is 13.3. The highest BCUT2D eigenvalue weighted by Gasteiger charge is 2.62. The molecule has 160 valence electrons. The second-order valence-corrected chi connectivity index (χ2v) is 10.3. The normalized spacial score (nSPS) is 32.7. The molecule has 30 heavy (non-hydrogen) atoms. The SMILES string of the molecule is C[C@@H](Cn1cc(Br)cn1)C(=O)NNC(=O)C12C[C@@H]3C[C@@H](C1)CC(n1ncnn1)(C3)C2. The minimum absolute atomic E-state index is 0.0940. The van der Waals surface area contributed by atoms with Crippen LogP contribution >= 0.6 is 15.9 Å². The van der Waals surface area contributed by atoms with Crippen LogP contribution < -0.4 is 10.9 Å². The fourth-order valence-electron chi connectivity index (χ4n) is 6.27. The van der Waals surface area contributed by atoms with Gasteiger partial charge in [0.15, 0.2) is 6.33 Å². The smallest absolute Gasteiger partial charge is 0.244 e. The van der Waals surface area contributed by atoms with Crippen molar-refractivity contribution in [2.24, 2.45) is 23.2 Å². The second-order valence-electron chi connectivity index (χ2n) is 9.42. The Labute approximate surface area is 182 Å². The Morgan fingerprint density at radius 2 is 2.00 bits per heavy atom. The largest absolute Gasteiger partial charge is 0.273 e. The van der Waals surface area contributed by atoms with Crippen LogP contribution in [0.1, 0.15) is 45.4 Å². The molecule has 0 saturated heterocycles. The van der Waals surface area contributed by atoms with Gasteiger partial charge in [0.2, 0.25) is 11.8 Å². The Morgan fingerprint density at radius 3 is 2.63 bits per heavy atom. The number of aromatic nitrogens is 6. The van der Waals surface area contributed by atoms with Gasteiger partial charge < -0.3 is 0 Å². The van der Waals surface area contributed by atoms with Crippen LogP contribution in [0.5, 0.6) is 0 Å². The molecule has 6 rings (SSSR count). The number of hydrogen-bond donors (Lipinski definition) is 2. The third kappa shape index (κ3) is 3.32. The molecule has 0 unspecified atom stereocenters. The van der Waals surface area contributed by atoms with Crippen LogP contribution in [0, 0.1) is 23.2 Å². The summed E-state index contributed by atoms with van der Waals surface area (Å²) in [4.78, 5) is 27.5. The van der Waals surface area contributed by atoms with Gasteiger partial charge in [0, 0.05) is 6.20 Å². The molecule has 2 amide bonds.